The van der Waals surface area contributed by atoms with Gasteiger partial charge in [0.1, 0.15) is 11.8 Å². The third-order valence-corrected chi connectivity index (χ3v) is 3.60. The summed E-state index contributed by atoms with van der Waals surface area (Å²) in [6, 6.07) is 9.32. The highest BCUT2D eigenvalue weighted by Crippen LogP contribution is 2.14. The molecule has 1 aromatic carbocycles. The second-order valence-corrected chi connectivity index (χ2v) is 5.23. The van der Waals surface area contributed by atoms with Gasteiger partial charge in [0.15, 0.2) is 6.61 Å². The molecule has 1 aromatic rings. The number of carbonyl (C=O) groups excluding carboxylic acids is 1. The molecule has 0 radical (unpaired) electrons. The van der Waals surface area contributed by atoms with Crippen molar-refractivity contribution in [3.05, 3.63) is 29.8 Å². The van der Waals surface area contributed by atoms with Crippen LogP contribution in [0.5, 0.6) is 5.75 Å². The number of nitrogens with zero attached hydrogens (tertiary/aromatic N) is 2. The van der Waals surface area contributed by atoms with Gasteiger partial charge in [-0.05, 0) is 37.5 Å². The molecule has 1 unspecified atom stereocenters. The monoisotopic (exact) mass is 287 g/mol. The van der Waals surface area contributed by atoms with Crippen molar-refractivity contribution in [1.29, 1.82) is 5.26 Å². The van der Waals surface area contributed by atoms with E-state index < -0.39 is 0 Å². The van der Waals surface area contributed by atoms with Crippen LogP contribution >= 0.6 is 0 Å². The van der Waals surface area contributed by atoms with Crippen LogP contribution in [-0.2, 0) is 11.3 Å². The molecule has 21 heavy (non-hydrogen) atoms. The van der Waals surface area contributed by atoms with Crippen LogP contribution in [0.1, 0.15) is 25.3 Å². The van der Waals surface area contributed by atoms with Crippen LogP contribution in [-0.4, -0.2) is 36.5 Å². The third-order valence-electron chi connectivity index (χ3n) is 3.60. The Morgan fingerprint density at radius 1 is 1.48 bits per heavy atom. The number of hydrogen-bond acceptors (Lipinski definition) is 4. The van der Waals surface area contributed by atoms with E-state index in [0.717, 1.165) is 31.5 Å². The lowest BCUT2D eigenvalue weighted by atomic mass is 10.2. The van der Waals surface area contributed by atoms with Gasteiger partial charge in [0, 0.05) is 19.6 Å². The maximum atomic E-state index is 12.2. The molecular weight excluding hydrogens is 266 g/mol. The summed E-state index contributed by atoms with van der Waals surface area (Å²) < 4.78 is 5.27. The number of nitriles is 1. The fraction of sp³-hybridized carbons (Fsp3) is 0.500. The average molecular weight is 287 g/mol. The number of nitrogens with one attached hydrogen (secondary N) is 1. The first-order valence-corrected chi connectivity index (χ1v) is 7.31. The zero-order valence-electron chi connectivity index (χ0n) is 12.3. The summed E-state index contributed by atoms with van der Waals surface area (Å²) in [6.07, 6.45) is 2.22. The fourth-order valence-electron chi connectivity index (χ4n) is 2.43. The van der Waals surface area contributed by atoms with Crippen molar-refractivity contribution in [3.8, 4) is 11.8 Å². The first-order valence-electron chi connectivity index (χ1n) is 7.31. The number of rotatable bonds is 6. The number of carbonyl (C=O) groups is 1. The van der Waals surface area contributed by atoms with Crippen LogP contribution in [0, 0.1) is 11.3 Å². The standard InChI is InChI=1S/C16H21N3O2/c1-13(16(20)19-8-2-3-9-19)18-12-14-5-4-6-15(11-14)21-10-7-17/h4-6,11,13,18H,2-3,8-10,12H2,1H3. The molecule has 2 rings (SSSR count). The molecule has 5 heteroatoms. The molecule has 1 atom stereocenters. The molecule has 1 amide bonds. The predicted octanol–water partition coefficient (Wildman–Crippen LogP) is 1.69. The molecule has 5 nitrogen and oxygen atoms in total. The van der Waals surface area contributed by atoms with Gasteiger partial charge in [-0.25, -0.2) is 0 Å². The van der Waals surface area contributed by atoms with Crippen LogP contribution in [0.2, 0.25) is 0 Å². The minimum absolute atomic E-state index is 0.0424. The Balaban J connectivity index is 1.84. The number of amides is 1. The molecular formula is C16H21N3O2. The highest BCUT2D eigenvalue weighted by atomic mass is 16.5. The maximum Gasteiger partial charge on any atom is 0.239 e. The van der Waals surface area contributed by atoms with E-state index >= 15 is 0 Å². The average Bonchev–Trinajstić information content (AvgIpc) is 3.04. The second kappa shape index (κ2) is 7.65. The highest BCUT2D eigenvalue weighted by molar-refractivity contribution is 5.81. The third kappa shape index (κ3) is 4.47. The van der Waals surface area contributed by atoms with E-state index in [4.69, 9.17) is 10.00 Å². The summed E-state index contributed by atoms with van der Waals surface area (Å²) in [4.78, 5) is 14.1. The largest absolute Gasteiger partial charge is 0.479 e. The first-order chi connectivity index (χ1) is 10.2. The molecule has 0 saturated carbocycles. The Morgan fingerprint density at radius 2 is 2.24 bits per heavy atom. The quantitative estimate of drug-likeness (QED) is 0.864. The molecule has 1 N–H and O–H groups in total. The Morgan fingerprint density at radius 3 is 2.95 bits per heavy atom. The molecule has 1 saturated heterocycles. The Hall–Kier alpha value is -2.06. The van der Waals surface area contributed by atoms with Gasteiger partial charge in [-0.15, -0.1) is 0 Å². The van der Waals surface area contributed by atoms with Gasteiger partial charge in [-0.1, -0.05) is 12.1 Å². The van der Waals surface area contributed by atoms with Crippen molar-refractivity contribution in [3.63, 3.8) is 0 Å². The maximum absolute atomic E-state index is 12.2. The predicted molar refractivity (Wildman–Crippen MR) is 79.7 cm³/mol. The lowest BCUT2D eigenvalue weighted by Gasteiger charge is -2.21. The van der Waals surface area contributed by atoms with E-state index in [-0.39, 0.29) is 18.6 Å². The van der Waals surface area contributed by atoms with Gasteiger partial charge in [0.25, 0.3) is 0 Å². The van der Waals surface area contributed by atoms with Gasteiger partial charge in [0.05, 0.1) is 6.04 Å². The van der Waals surface area contributed by atoms with Crippen molar-refractivity contribution in [2.75, 3.05) is 19.7 Å². The van der Waals surface area contributed by atoms with Crippen molar-refractivity contribution < 1.29 is 9.53 Å². The zero-order chi connectivity index (χ0) is 15.1. The van der Waals surface area contributed by atoms with Crippen molar-refractivity contribution in [2.24, 2.45) is 0 Å². The summed E-state index contributed by atoms with van der Waals surface area (Å²) in [7, 11) is 0. The van der Waals surface area contributed by atoms with Gasteiger partial charge in [-0.2, -0.15) is 5.26 Å². The smallest absolute Gasteiger partial charge is 0.239 e. The molecule has 1 aliphatic heterocycles. The van der Waals surface area contributed by atoms with Gasteiger partial charge < -0.3 is 15.0 Å². The van der Waals surface area contributed by atoms with E-state index in [1.807, 2.05) is 42.2 Å². The van der Waals surface area contributed by atoms with Crippen LogP contribution in [0.4, 0.5) is 0 Å². The number of benzene rings is 1. The Kier molecular flexibility index (Phi) is 5.59. The Bertz CT molecular complexity index is 518. The van der Waals surface area contributed by atoms with Gasteiger partial charge in [0.2, 0.25) is 5.91 Å². The summed E-state index contributed by atoms with van der Waals surface area (Å²) >= 11 is 0. The van der Waals surface area contributed by atoms with Crippen molar-refractivity contribution in [1.82, 2.24) is 10.2 Å². The topological polar surface area (TPSA) is 65.4 Å². The summed E-state index contributed by atoms with van der Waals surface area (Å²) in [5.74, 6) is 0.846. The Labute approximate surface area is 125 Å². The second-order valence-electron chi connectivity index (χ2n) is 5.23. The van der Waals surface area contributed by atoms with E-state index in [9.17, 15) is 4.79 Å². The number of hydrogen-bond donors (Lipinski definition) is 1. The molecule has 0 bridgehead atoms. The van der Waals surface area contributed by atoms with Crippen LogP contribution in [0.25, 0.3) is 0 Å². The molecule has 1 aliphatic rings. The minimum atomic E-state index is -0.188. The number of ether oxygens (including phenoxy) is 1. The van der Waals surface area contributed by atoms with Gasteiger partial charge >= 0.3 is 0 Å². The zero-order valence-corrected chi connectivity index (χ0v) is 12.3. The number of likely N-dealkylation sites (tertiary alicyclic amines) is 1. The van der Waals surface area contributed by atoms with Crippen molar-refractivity contribution >= 4 is 5.91 Å². The molecule has 0 aromatic heterocycles. The molecule has 1 fully saturated rings. The van der Waals surface area contributed by atoms with E-state index in [1.54, 1.807) is 0 Å². The van der Waals surface area contributed by atoms with Gasteiger partial charge in [-0.3, -0.25) is 4.79 Å². The van der Waals surface area contributed by atoms with Crippen LogP contribution < -0.4 is 10.1 Å². The van der Waals surface area contributed by atoms with Crippen LogP contribution in [0.3, 0.4) is 0 Å². The lowest BCUT2D eigenvalue weighted by molar-refractivity contribution is -0.131. The fourth-order valence-corrected chi connectivity index (χ4v) is 2.43. The molecule has 112 valence electrons. The minimum Gasteiger partial charge on any atom is -0.479 e. The molecule has 0 aliphatic carbocycles. The normalized spacial score (nSPS) is 15.5. The lowest BCUT2D eigenvalue weighted by Crippen LogP contribution is -2.43. The first kappa shape index (κ1) is 15.3. The van der Waals surface area contributed by atoms with E-state index in [2.05, 4.69) is 5.32 Å². The van der Waals surface area contributed by atoms with E-state index in [1.165, 1.54) is 0 Å². The van der Waals surface area contributed by atoms with E-state index in [0.29, 0.717) is 12.3 Å². The summed E-state index contributed by atoms with van der Waals surface area (Å²) in [5.41, 5.74) is 1.03. The highest BCUT2D eigenvalue weighted by Gasteiger charge is 2.22. The van der Waals surface area contributed by atoms with Crippen molar-refractivity contribution in [2.45, 2.75) is 32.4 Å². The SMILES string of the molecule is CC(NCc1cccc(OCC#N)c1)C(=O)N1CCCC1. The molecule has 0 spiro atoms. The summed E-state index contributed by atoms with van der Waals surface area (Å²) in [5, 5.41) is 11.8. The van der Waals surface area contributed by atoms with Crippen LogP contribution in [0.15, 0.2) is 24.3 Å². The molecule has 1 heterocycles. The summed E-state index contributed by atoms with van der Waals surface area (Å²) in [6.45, 7) is 4.30.